The first kappa shape index (κ1) is 9.92. The fourth-order valence-electron chi connectivity index (χ4n) is 1.42. The molecule has 1 saturated heterocycles. The third-order valence-corrected chi connectivity index (χ3v) is 2.03. The second-order valence-corrected chi connectivity index (χ2v) is 3.27. The lowest BCUT2D eigenvalue weighted by Crippen LogP contribution is -2.51. The first-order chi connectivity index (χ1) is 5.74. The normalized spacial score (nSPS) is 31.0. The molecule has 0 aromatic rings. The number of hydrogen-bond acceptors (Lipinski definition) is 4. The largest absolute Gasteiger partial charge is 0.379 e. The van der Waals surface area contributed by atoms with Crippen LogP contribution in [-0.2, 0) is 9.47 Å². The van der Waals surface area contributed by atoms with Gasteiger partial charge in [0.25, 0.3) is 0 Å². The van der Waals surface area contributed by atoms with Crippen LogP contribution in [-0.4, -0.2) is 51.6 Å². The van der Waals surface area contributed by atoms with E-state index in [2.05, 4.69) is 5.43 Å². The van der Waals surface area contributed by atoms with Gasteiger partial charge in [0.2, 0.25) is 0 Å². The van der Waals surface area contributed by atoms with Gasteiger partial charge in [-0.15, -0.1) is 0 Å². The molecule has 0 aliphatic carbocycles. The summed E-state index contributed by atoms with van der Waals surface area (Å²) in [6.45, 7) is 1.52. The quantitative estimate of drug-likeness (QED) is 0.604. The zero-order valence-electron chi connectivity index (χ0n) is 8.04. The average molecular weight is 174 g/mol. The Kier molecular flexibility index (Phi) is 3.94. The molecule has 1 heterocycles. The van der Waals surface area contributed by atoms with Crippen LogP contribution in [0.4, 0.5) is 0 Å². The van der Waals surface area contributed by atoms with Gasteiger partial charge in [-0.1, -0.05) is 0 Å². The lowest BCUT2D eigenvalue weighted by atomic mass is 10.1. The molecule has 72 valence electrons. The van der Waals surface area contributed by atoms with Crippen molar-refractivity contribution in [2.75, 3.05) is 34.4 Å². The van der Waals surface area contributed by atoms with Crippen LogP contribution < -0.4 is 5.43 Å². The van der Waals surface area contributed by atoms with E-state index < -0.39 is 0 Å². The summed E-state index contributed by atoms with van der Waals surface area (Å²) in [6, 6.07) is 0.388. The minimum absolute atomic E-state index is 0.182. The van der Waals surface area contributed by atoms with Gasteiger partial charge in [0, 0.05) is 27.8 Å². The monoisotopic (exact) mass is 174 g/mol. The second-order valence-electron chi connectivity index (χ2n) is 3.27. The highest BCUT2D eigenvalue weighted by Crippen LogP contribution is 2.10. The lowest BCUT2D eigenvalue weighted by Gasteiger charge is -2.33. The van der Waals surface area contributed by atoms with Gasteiger partial charge in [0.05, 0.1) is 18.8 Å². The predicted octanol–water partition coefficient (Wildman–Crippen LogP) is -0.143. The van der Waals surface area contributed by atoms with Crippen molar-refractivity contribution >= 4 is 0 Å². The molecule has 0 amide bonds. The van der Waals surface area contributed by atoms with Crippen LogP contribution in [0.3, 0.4) is 0 Å². The number of nitrogens with zero attached hydrogens (tertiary/aromatic N) is 1. The predicted molar refractivity (Wildman–Crippen MR) is 46.8 cm³/mol. The van der Waals surface area contributed by atoms with Crippen molar-refractivity contribution < 1.29 is 9.47 Å². The maximum atomic E-state index is 5.30. The van der Waals surface area contributed by atoms with Crippen molar-refractivity contribution in [2.45, 2.75) is 18.6 Å². The van der Waals surface area contributed by atoms with Gasteiger partial charge in [0.1, 0.15) is 0 Å². The Morgan fingerprint density at radius 2 is 2.25 bits per heavy atom. The van der Waals surface area contributed by atoms with Gasteiger partial charge in [-0.05, 0) is 6.42 Å². The van der Waals surface area contributed by atoms with Crippen LogP contribution in [0.25, 0.3) is 0 Å². The third kappa shape index (κ3) is 2.71. The summed E-state index contributed by atoms with van der Waals surface area (Å²) in [5.41, 5.74) is 3.31. The first-order valence-electron chi connectivity index (χ1n) is 4.28. The van der Waals surface area contributed by atoms with E-state index in [1.807, 2.05) is 19.1 Å². The van der Waals surface area contributed by atoms with Crippen LogP contribution in [0, 0.1) is 0 Å². The number of methoxy groups -OCH3 is 1. The highest BCUT2D eigenvalue weighted by molar-refractivity contribution is 4.78. The molecular formula is C8H18N2O2. The molecule has 0 aromatic carbocycles. The topological polar surface area (TPSA) is 33.7 Å². The Bertz CT molecular complexity index is 130. The molecule has 0 radical (unpaired) electrons. The van der Waals surface area contributed by atoms with E-state index in [1.54, 1.807) is 7.11 Å². The van der Waals surface area contributed by atoms with Crippen molar-refractivity contribution in [3.63, 3.8) is 0 Å². The van der Waals surface area contributed by atoms with E-state index >= 15 is 0 Å². The Morgan fingerprint density at radius 3 is 2.83 bits per heavy atom. The van der Waals surface area contributed by atoms with E-state index in [0.717, 1.165) is 13.0 Å². The highest BCUT2D eigenvalue weighted by Gasteiger charge is 2.25. The van der Waals surface area contributed by atoms with Crippen LogP contribution >= 0.6 is 0 Å². The number of ether oxygens (including phenoxy) is 2. The molecule has 1 aliphatic rings. The first-order valence-corrected chi connectivity index (χ1v) is 4.28. The number of hydrazine groups is 1. The fraction of sp³-hybridized carbons (Fsp3) is 1.00. The molecule has 1 aliphatic heterocycles. The van der Waals surface area contributed by atoms with Crippen LogP contribution in [0.2, 0.25) is 0 Å². The number of rotatable bonds is 3. The summed E-state index contributed by atoms with van der Waals surface area (Å²) < 4.78 is 10.6. The Labute approximate surface area is 73.8 Å². The SMILES string of the molecule is COC1COCCC1NN(C)C. The van der Waals surface area contributed by atoms with Gasteiger partial charge in [0.15, 0.2) is 0 Å². The maximum Gasteiger partial charge on any atom is 0.0971 e. The van der Waals surface area contributed by atoms with Crippen molar-refractivity contribution in [1.82, 2.24) is 10.4 Å². The van der Waals surface area contributed by atoms with Crippen molar-refractivity contribution in [3.05, 3.63) is 0 Å². The smallest absolute Gasteiger partial charge is 0.0971 e. The van der Waals surface area contributed by atoms with Crippen LogP contribution in [0.1, 0.15) is 6.42 Å². The van der Waals surface area contributed by atoms with Crippen molar-refractivity contribution in [3.8, 4) is 0 Å². The maximum absolute atomic E-state index is 5.30. The summed E-state index contributed by atoms with van der Waals surface area (Å²) in [5.74, 6) is 0. The van der Waals surface area contributed by atoms with E-state index in [1.165, 1.54) is 0 Å². The van der Waals surface area contributed by atoms with Gasteiger partial charge < -0.3 is 9.47 Å². The summed E-state index contributed by atoms with van der Waals surface area (Å²) >= 11 is 0. The lowest BCUT2D eigenvalue weighted by molar-refractivity contribution is -0.0623. The minimum Gasteiger partial charge on any atom is -0.379 e. The molecule has 0 saturated carbocycles. The van der Waals surface area contributed by atoms with E-state index in [4.69, 9.17) is 9.47 Å². The summed E-state index contributed by atoms with van der Waals surface area (Å²) in [4.78, 5) is 0. The van der Waals surface area contributed by atoms with E-state index in [-0.39, 0.29) is 6.10 Å². The molecule has 2 atom stereocenters. The van der Waals surface area contributed by atoms with Gasteiger partial charge in [-0.2, -0.15) is 0 Å². The molecule has 1 fully saturated rings. The zero-order chi connectivity index (χ0) is 8.97. The fourth-order valence-corrected chi connectivity index (χ4v) is 1.42. The molecule has 1 N–H and O–H groups in total. The molecule has 1 rings (SSSR count). The van der Waals surface area contributed by atoms with Gasteiger partial charge in [-0.3, -0.25) is 5.01 Å². The molecular weight excluding hydrogens is 156 g/mol. The molecule has 4 nitrogen and oxygen atoms in total. The number of hydrogen-bond donors (Lipinski definition) is 1. The van der Waals surface area contributed by atoms with Crippen molar-refractivity contribution in [2.24, 2.45) is 0 Å². The highest BCUT2D eigenvalue weighted by atomic mass is 16.5. The molecule has 0 bridgehead atoms. The Balaban J connectivity index is 2.36. The molecule has 2 unspecified atom stereocenters. The minimum atomic E-state index is 0.182. The Morgan fingerprint density at radius 1 is 1.50 bits per heavy atom. The van der Waals surface area contributed by atoms with Crippen LogP contribution in [0.5, 0.6) is 0 Å². The zero-order valence-corrected chi connectivity index (χ0v) is 8.04. The van der Waals surface area contributed by atoms with Gasteiger partial charge >= 0.3 is 0 Å². The van der Waals surface area contributed by atoms with E-state index in [9.17, 15) is 0 Å². The molecule has 0 aromatic heterocycles. The summed E-state index contributed by atoms with van der Waals surface area (Å²) in [6.07, 6.45) is 1.19. The third-order valence-electron chi connectivity index (χ3n) is 2.03. The Hall–Kier alpha value is -0.160. The van der Waals surface area contributed by atoms with E-state index in [0.29, 0.717) is 12.6 Å². The molecule has 4 heteroatoms. The summed E-state index contributed by atoms with van der Waals surface area (Å²) in [7, 11) is 5.70. The average Bonchev–Trinajstić information content (AvgIpc) is 2.04. The second kappa shape index (κ2) is 4.77. The summed E-state index contributed by atoms with van der Waals surface area (Å²) in [5, 5.41) is 1.96. The van der Waals surface area contributed by atoms with Crippen molar-refractivity contribution in [1.29, 1.82) is 0 Å². The standard InChI is InChI=1S/C8H18N2O2/c1-10(2)9-7-4-5-12-6-8(7)11-3/h7-9H,4-6H2,1-3H3. The van der Waals surface area contributed by atoms with Crippen LogP contribution in [0.15, 0.2) is 0 Å². The number of nitrogens with one attached hydrogen (secondary N) is 1. The van der Waals surface area contributed by atoms with Gasteiger partial charge in [-0.25, -0.2) is 5.43 Å². The molecule has 0 spiro atoms. The molecule has 12 heavy (non-hydrogen) atoms.